The second-order valence-electron chi connectivity index (χ2n) is 4.60. The largest absolute Gasteiger partial charge is 0.323 e. The first kappa shape index (κ1) is 13.1. The predicted molar refractivity (Wildman–Crippen MR) is 83.2 cm³/mol. The Morgan fingerprint density at radius 3 is 2.52 bits per heavy atom. The van der Waals surface area contributed by atoms with Gasteiger partial charge in [0.1, 0.15) is 0 Å². The van der Waals surface area contributed by atoms with Gasteiger partial charge in [0, 0.05) is 5.69 Å². The minimum absolute atomic E-state index is 0.611. The Hall–Kier alpha value is -2.95. The first-order chi connectivity index (χ1) is 10.3. The topological polar surface area (TPSA) is 55.6 Å². The highest BCUT2D eigenvalue weighted by Crippen LogP contribution is 2.14. The zero-order valence-electron chi connectivity index (χ0n) is 11.5. The van der Waals surface area contributed by atoms with Crippen molar-refractivity contribution in [2.24, 2.45) is 0 Å². The number of anilines is 2. The van der Waals surface area contributed by atoms with E-state index in [4.69, 9.17) is 0 Å². The van der Waals surface area contributed by atoms with Crippen LogP contribution >= 0.6 is 0 Å². The Morgan fingerprint density at radius 2 is 1.81 bits per heavy atom. The monoisotopic (exact) mass is 277 g/mol. The summed E-state index contributed by atoms with van der Waals surface area (Å²) in [5.41, 5.74) is 3.18. The van der Waals surface area contributed by atoms with Gasteiger partial charge in [0.25, 0.3) is 0 Å². The summed E-state index contributed by atoms with van der Waals surface area (Å²) in [6, 6.07) is 18.0. The molecule has 0 unspecified atom stereocenters. The highest BCUT2D eigenvalue weighted by atomic mass is 15.6. The second-order valence-corrected chi connectivity index (χ2v) is 4.60. The third-order valence-electron chi connectivity index (χ3n) is 3.11. The summed E-state index contributed by atoms with van der Waals surface area (Å²) in [6.07, 6.45) is 1.82. The number of rotatable bonds is 5. The van der Waals surface area contributed by atoms with Gasteiger partial charge < -0.3 is 5.32 Å². The van der Waals surface area contributed by atoms with Gasteiger partial charge in [-0.05, 0) is 33.7 Å². The average Bonchev–Trinajstić information content (AvgIpc) is 2.96. The third-order valence-corrected chi connectivity index (χ3v) is 3.11. The molecule has 5 nitrogen and oxygen atoms in total. The molecule has 2 aromatic carbocycles. The van der Waals surface area contributed by atoms with Crippen LogP contribution in [0.3, 0.4) is 0 Å². The lowest BCUT2D eigenvalue weighted by Gasteiger charge is -2.07. The molecule has 0 aliphatic rings. The number of aromatic nitrogens is 4. The lowest BCUT2D eigenvalue weighted by atomic mass is 10.1. The average molecular weight is 277 g/mol. The predicted octanol–water partition coefficient (Wildman–Crippen LogP) is 3.11. The van der Waals surface area contributed by atoms with Gasteiger partial charge in [-0.25, -0.2) is 4.68 Å². The van der Waals surface area contributed by atoms with E-state index >= 15 is 0 Å². The summed E-state index contributed by atoms with van der Waals surface area (Å²) < 4.78 is 1.73. The quantitative estimate of drug-likeness (QED) is 0.778. The van der Waals surface area contributed by atoms with E-state index < -0.39 is 0 Å². The maximum atomic E-state index is 4.02. The van der Waals surface area contributed by atoms with Gasteiger partial charge in [0.15, 0.2) is 0 Å². The molecule has 0 aliphatic heterocycles. The number of hydrogen-bond donors (Lipinski definition) is 1. The van der Waals surface area contributed by atoms with Crippen LogP contribution < -0.4 is 5.32 Å². The third kappa shape index (κ3) is 3.14. The van der Waals surface area contributed by atoms with Crippen molar-refractivity contribution in [3.8, 4) is 0 Å². The van der Waals surface area contributed by atoms with E-state index in [1.807, 2.05) is 60.7 Å². The minimum atomic E-state index is 0.611. The van der Waals surface area contributed by atoms with Gasteiger partial charge in [0.05, 0.1) is 6.54 Å². The summed E-state index contributed by atoms with van der Waals surface area (Å²) in [5, 5.41) is 15.0. The molecule has 1 heterocycles. The normalized spacial score (nSPS) is 10.3. The molecular formula is C16H15N5. The Labute approximate surface area is 122 Å². The fourth-order valence-corrected chi connectivity index (χ4v) is 1.98. The highest BCUT2D eigenvalue weighted by molar-refractivity contribution is 5.52. The standard InChI is InChI=1S/C16H15N5/c1-2-13-8-10-14(11-9-13)12-21-16(18-19-20-21)17-15-6-4-3-5-7-15/h2-11H,1,12H2,(H,17,18,20). The van der Waals surface area contributed by atoms with E-state index in [-0.39, 0.29) is 0 Å². The van der Waals surface area contributed by atoms with Crippen molar-refractivity contribution >= 4 is 17.7 Å². The van der Waals surface area contributed by atoms with E-state index in [9.17, 15) is 0 Å². The molecule has 3 aromatic rings. The van der Waals surface area contributed by atoms with Crippen LogP contribution in [0.2, 0.25) is 0 Å². The first-order valence-electron chi connectivity index (χ1n) is 6.65. The zero-order chi connectivity index (χ0) is 14.5. The van der Waals surface area contributed by atoms with Crippen LogP contribution in [0.1, 0.15) is 11.1 Å². The lowest BCUT2D eigenvalue weighted by Crippen LogP contribution is -2.06. The van der Waals surface area contributed by atoms with Crippen LogP contribution in [0, 0.1) is 0 Å². The number of nitrogens with zero attached hydrogens (tertiary/aromatic N) is 4. The maximum Gasteiger partial charge on any atom is 0.247 e. The van der Waals surface area contributed by atoms with Gasteiger partial charge in [-0.3, -0.25) is 0 Å². The molecule has 0 radical (unpaired) electrons. The Kier molecular flexibility index (Phi) is 3.73. The van der Waals surface area contributed by atoms with Gasteiger partial charge in [-0.2, -0.15) is 0 Å². The molecule has 0 aliphatic carbocycles. The molecule has 1 N–H and O–H groups in total. The minimum Gasteiger partial charge on any atom is -0.323 e. The number of para-hydroxylation sites is 1. The van der Waals surface area contributed by atoms with Crippen molar-refractivity contribution < 1.29 is 0 Å². The van der Waals surface area contributed by atoms with Gasteiger partial charge in [-0.15, -0.1) is 0 Å². The number of benzene rings is 2. The van der Waals surface area contributed by atoms with Crippen LogP contribution in [-0.2, 0) is 6.54 Å². The van der Waals surface area contributed by atoms with E-state index in [0.717, 1.165) is 16.8 Å². The highest BCUT2D eigenvalue weighted by Gasteiger charge is 2.06. The molecule has 0 saturated heterocycles. The summed E-state index contributed by atoms with van der Waals surface area (Å²) in [5.74, 6) is 0.619. The number of hydrogen-bond acceptors (Lipinski definition) is 4. The van der Waals surface area contributed by atoms with E-state index in [1.54, 1.807) is 4.68 Å². The summed E-state index contributed by atoms with van der Waals surface area (Å²) >= 11 is 0. The van der Waals surface area contributed by atoms with Gasteiger partial charge >= 0.3 is 0 Å². The number of tetrazole rings is 1. The van der Waals surface area contributed by atoms with Crippen molar-refractivity contribution in [3.05, 3.63) is 72.3 Å². The molecule has 0 bridgehead atoms. The molecule has 5 heteroatoms. The molecule has 1 aromatic heterocycles. The maximum absolute atomic E-state index is 4.02. The molecule has 104 valence electrons. The zero-order valence-corrected chi connectivity index (χ0v) is 11.5. The molecule has 0 spiro atoms. The van der Waals surface area contributed by atoms with Gasteiger partial charge in [-0.1, -0.05) is 60.2 Å². The van der Waals surface area contributed by atoms with Crippen LogP contribution in [0.15, 0.2) is 61.2 Å². The van der Waals surface area contributed by atoms with Crippen LogP contribution in [-0.4, -0.2) is 20.2 Å². The second kappa shape index (κ2) is 6.00. The molecule has 0 atom stereocenters. The fourth-order valence-electron chi connectivity index (χ4n) is 1.98. The number of nitrogens with one attached hydrogen (secondary N) is 1. The molecule has 0 fully saturated rings. The van der Waals surface area contributed by atoms with Crippen molar-refractivity contribution in [2.45, 2.75) is 6.54 Å². The molecule has 0 saturated carbocycles. The first-order valence-corrected chi connectivity index (χ1v) is 6.65. The van der Waals surface area contributed by atoms with Crippen molar-refractivity contribution in [2.75, 3.05) is 5.32 Å². The van der Waals surface area contributed by atoms with Crippen molar-refractivity contribution in [1.82, 2.24) is 20.2 Å². The van der Waals surface area contributed by atoms with Crippen LogP contribution in [0.25, 0.3) is 6.08 Å². The van der Waals surface area contributed by atoms with Crippen LogP contribution in [0.5, 0.6) is 0 Å². The summed E-state index contributed by atoms with van der Waals surface area (Å²) in [4.78, 5) is 0. The van der Waals surface area contributed by atoms with Gasteiger partial charge in [0.2, 0.25) is 5.95 Å². The summed E-state index contributed by atoms with van der Waals surface area (Å²) in [7, 11) is 0. The Balaban J connectivity index is 1.77. The fraction of sp³-hybridized carbons (Fsp3) is 0.0625. The Bertz CT molecular complexity index is 716. The SMILES string of the molecule is C=Cc1ccc(Cn2nnnc2Nc2ccccc2)cc1. The van der Waals surface area contributed by atoms with E-state index in [2.05, 4.69) is 27.4 Å². The Morgan fingerprint density at radius 1 is 1.05 bits per heavy atom. The van der Waals surface area contributed by atoms with Crippen molar-refractivity contribution in [1.29, 1.82) is 0 Å². The smallest absolute Gasteiger partial charge is 0.247 e. The molecular weight excluding hydrogens is 262 g/mol. The lowest BCUT2D eigenvalue weighted by molar-refractivity contribution is 0.654. The van der Waals surface area contributed by atoms with E-state index in [0.29, 0.717) is 12.5 Å². The molecule has 21 heavy (non-hydrogen) atoms. The molecule has 3 rings (SSSR count). The van der Waals surface area contributed by atoms with E-state index in [1.165, 1.54) is 0 Å². The molecule has 0 amide bonds. The van der Waals surface area contributed by atoms with Crippen molar-refractivity contribution in [3.63, 3.8) is 0 Å². The summed E-state index contributed by atoms with van der Waals surface area (Å²) in [6.45, 7) is 4.36. The van der Waals surface area contributed by atoms with Crippen LogP contribution in [0.4, 0.5) is 11.6 Å².